The van der Waals surface area contributed by atoms with Crippen molar-refractivity contribution in [3.8, 4) is 0 Å². The number of urea groups is 1. The summed E-state index contributed by atoms with van der Waals surface area (Å²) in [5.74, 6) is -1.02. The van der Waals surface area contributed by atoms with Gasteiger partial charge in [0.05, 0.1) is 5.56 Å². The Morgan fingerprint density at radius 1 is 1.18 bits per heavy atom. The maximum absolute atomic E-state index is 12.4. The molecule has 1 saturated heterocycles. The van der Waals surface area contributed by atoms with E-state index in [2.05, 4.69) is 16.0 Å². The molecule has 1 heterocycles. The van der Waals surface area contributed by atoms with Crippen molar-refractivity contribution in [2.24, 2.45) is 0 Å². The molecule has 1 aromatic carbocycles. The van der Waals surface area contributed by atoms with Crippen LogP contribution in [0.4, 0.5) is 23.7 Å². The SMILES string of the molecule is O=C1CC[C@@H](NC(=O)Nc2ccc(C(F)(F)F)cc2)C(=O)N1. The van der Waals surface area contributed by atoms with Gasteiger partial charge in [0.25, 0.3) is 0 Å². The molecule has 0 aromatic heterocycles. The van der Waals surface area contributed by atoms with Gasteiger partial charge in [-0.15, -0.1) is 0 Å². The number of hydrogen-bond donors (Lipinski definition) is 3. The van der Waals surface area contributed by atoms with E-state index in [-0.39, 0.29) is 18.5 Å². The molecule has 0 bridgehead atoms. The lowest BCUT2D eigenvalue weighted by atomic mass is 10.1. The molecule has 0 radical (unpaired) electrons. The third kappa shape index (κ3) is 3.96. The Kier molecular flexibility index (Phi) is 4.34. The Bertz CT molecular complexity index is 599. The number of alkyl halides is 3. The first-order valence-electron chi connectivity index (χ1n) is 6.34. The number of imide groups is 1. The van der Waals surface area contributed by atoms with Crippen LogP contribution < -0.4 is 16.0 Å². The molecule has 9 heteroatoms. The molecule has 1 atom stereocenters. The predicted octanol–water partition coefficient (Wildman–Crippen LogP) is 1.63. The van der Waals surface area contributed by atoms with Crippen molar-refractivity contribution in [1.29, 1.82) is 0 Å². The van der Waals surface area contributed by atoms with Crippen LogP contribution in [-0.4, -0.2) is 23.9 Å². The highest BCUT2D eigenvalue weighted by Gasteiger charge is 2.30. The van der Waals surface area contributed by atoms with Crippen molar-refractivity contribution in [3.63, 3.8) is 0 Å². The van der Waals surface area contributed by atoms with Crippen LogP contribution in [0.5, 0.6) is 0 Å². The van der Waals surface area contributed by atoms with Crippen LogP contribution >= 0.6 is 0 Å². The Hall–Kier alpha value is -2.58. The highest BCUT2D eigenvalue weighted by molar-refractivity contribution is 6.02. The van der Waals surface area contributed by atoms with Gasteiger partial charge in [0, 0.05) is 12.1 Å². The number of benzene rings is 1. The average Bonchev–Trinajstić information content (AvgIpc) is 2.41. The van der Waals surface area contributed by atoms with Crippen LogP contribution in [-0.2, 0) is 15.8 Å². The zero-order chi connectivity index (χ0) is 16.3. The fourth-order valence-electron chi connectivity index (χ4n) is 1.90. The summed E-state index contributed by atoms with van der Waals surface area (Å²) < 4.78 is 37.2. The zero-order valence-electron chi connectivity index (χ0n) is 11.2. The summed E-state index contributed by atoms with van der Waals surface area (Å²) in [7, 11) is 0. The number of carbonyl (C=O) groups is 3. The number of halogens is 3. The van der Waals surface area contributed by atoms with E-state index in [1.54, 1.807) is 0 Å². The van der Waals surface area contributed by atoms with E-state index in [1.807, 2.05) is 0 Å². The van der Waals surface area contributed by atoms with E-state index in [1.165, 1.54) is 0 Å². The van der Waals surface area contributed by atoms with Crippen molar-refractivity contribution in [2.75, 3.05) is 5.32 Å². The number of rotatable bonds is 2. The number of anilines is 1. The van der Waals surface area contributed by atoms with E-state index in [4.69, 9.17) is 0 Å². The molecule has 0 unspecified atom stereocenters. The van der Waals surface area contributed by atoms with Gasteiger partial charge in [0.2, 0.25) is 11.8 Å². The van der Waals surface area contributed by atoms with Crippen LogP contribution in [0.15, 0.2) is 24.3 Å². The van der Waals surface area contributed by atoms with Gasteiger partial charge in [-0.05, 0) is 30.7 Å². The first kappa shape index (κ1) is 15.8. The summed E-state index contributed by atoms with van der Waals surface area (Å²) >= 11 is 0. The molecular formula is C13H12F3N3O3. The first-order valence-corrected chi connectivity index (χ1v) is 6.34. The van der Waals surface area contributed by atoms with E-state index >= 15 is 0 Å². The summed E-state index contributed by atoms with van der Waals surface area (Å²) in [6, 6.07) is 2.28. The summed E-state index contributed by atoms with van der Waals surface area (Å²) in [6.45, 7) is 0. The second-order valence-electron chi connectivity index (χ2n) is 4.68. The fourth-order valence-corrected chi connectivity index (χ4v) is 1.90. The minimum Gasteiger partial charge on any atom is -0.326 e. The molecular weight excluding hydrogens is 303 g/mol. The van der Waals surface area contributed by atoms with Crippen molar-refractivity contribution < 1.29 is 27.6 Å². The van der Waals surface area contributed by atoms with Crippen molar-refractivity contribution in [3.05, 3.63) is 29.8 Å². The Balaban J connectivity index is 1.92. The highest BCUT2D eigenvalue weighted by atomic mass is 19.4. The number of piperidine rings is 1. The van der Waals surface area contributed by atoms with Crippen LogP contribution in [0.25, 0.3) is 0 Å². The van der Waals surface area contributed by atoms with Crippen LogP contribution in [0, 0.1) is 0 Å². The molecule has 1 aliphatic heterocycles. The normalized spacial score (nSPS) is 18.6. The van der Waals surface area contributed by atoms with Gasteiger partial charge in [-0.3, -0.25) is 14.9 Å². The monoisotopic (exact) mass is 315 g/mol. The Labute approximate surface area is 123 Å². The van der Waals surface area contributed by atoms with Crippen molar-refractivity contribution >= 4 is 23.5 Å². The second-order valence-corrected chi connectivity index (χ2v) is 4.68. The number of amides is 4. The summed E-state index contributed by atoms with van der Waals surface area (Å²) in [6.07, 6.45) is -4.17. The molecule has 0 aliphatic carbocycles. The molecule has 0 saturated carbocycles. The average molecular weight is 315 g/mol. The molecule has 3 N–H and O–H groups in total. The third-order valence-electron chi connectivity index (χ3n) is 3.01. The van der Waals surface area contributed by atoms with E-state index in [0.29, 0.717) is 0 Å². The minimum absolute atomic E-state index is 0.108. The highest BCUT2D eigenvalue weighted by Crippen LogP contribution is 2.29. The maximum atomic E-state index is 12.4. The predicted molar refractivity (Wildman–Crippen MR) is 69.8 cm³/mol. The molecule has 118 valence electrons. The summed E-state index contributed by atoms with van der Waals surface area (Å²) in [5, 5.41) is 6.74. The molecule has 2 rings (SSSR count). The third-order valence-corrected chi connectivity index (χ3v) is 3.01. The molecule has 1 aromatic rings. The lowest BCUT2D eigenvalue weighted by Gasteiger charge is -2.21. The zero-order valence-corrected chi connectivity index (χ0v) is 11.2. The van der Waals surface area contributed by atoms with Gasteiger partial charge in [0.15, 0.2) is 0 Å². The maximum Gasteiger partial charge on any atom is 0.416 e. The van der Waals surface area contributed by atoms with Gasteiger partial charge in [-0.1, -0.05) is 0 Å². The number of nitrogens with one attached hydrogen (secondary N) is 3. The first-order chi connectivity index (χ1) is 10.3. The molecule has 1 aliphatic rings. The lowest BCUT2D eigenvalue weighted by Crippen LogP contribution is -2.53. The van der Waals surface area contributed by atoms with Gasteiger partial charge in [-0.2, -0.15) is 13.2 Å². The molecule has 0 spiro atoms. The molecule has 22 heavy (non-hydrogen) atoms. The number of hydrogen-bond acceptors (Lipinski definition) is 3. The van der Waals surface area contributed by atoms with E-state index in [9.17, 15) is 27.6 Å². The quantitative estimate of drug-likeness (QED) is 0.725. The minimum atomic E-state index is -4.45. The molecule has 6 nitrogen and oxygen atoms in total. The van der Waals surface area contributed by atoms with Crippen LogP contribution in [0.3, 0.4) is 0 Å². The summed E-state index contributed by atoms with van der Waals surface area (Å²) in [5.41, 5.74) is -0.679. The summed E-state index contributed by atoms with van der Waals surface area (Å²) in [4.78, 5) is 34.1. The molecule has 1 fully saturated rings. The fraction of sp³-hybridized carbons (Fsp3) is 0.308. The molecule has 4 amide bonds. The largest absolute Gasteiger partial charge is 0.416 e. The van der Waals surface area contributed by atoms with Gasteiger partial charge in [-0.25, -0.2) is 4.79 Å². The number of carbonyl (C=O) groups excluding carboxylic acids is 3. The van der Waals surface area contributed by atoms with Crippen molar-refractivity contribution in [1.82, 2.24) is 10.6 Å². The van der Waals surface area contributed by atoms with Gasteiger partial charge < -0.3 is 10.6 Å². The van der Waals surface area contributed by atoms with Crippen molar-refractivity contribution in [2.45, 2.75) is 25.1 Å². The van der Waals surface area contributed by atoms with E-state index < -0.39 is 35.6 Å². The van der Waals surface area contributed by atoms with Gasteiger partial charge >= 0.3 is 12.2 Å². The topological polar surface area (TPSA) is 87.3 Å². The van der Waals surface area contributed by atoms with Crippen LogP contribution in [0.1, 0.15) is 18.4 Å². The van der Waals surface area contributed by atoms with E-state index in [0.717, 1.165) is 24.3 Å². The lowest BCUT2D eigenvalue weighted by molar-refractivity contribution is -0.138. The standard InChI is InChI=1S/C13H12F3N3O3/c14-13(15,16)7-1-3-8(4-2-7)17-12(22)18-9-5-6-10(20)19-11(9)21/h1-4,9H,5-6H2,(H2,17,18,22)(H,19,20,21)/t9-/m1/s1. The second kappa shape index (κ2) is 6.04. The Morgan fingerprint density at radius 2 is 1.82 bits per heavy atom. The Morgan fingerprint density at radius 3 is 2.36 bits per heavy atom. The van der Waals surface area contributed by atoms with Gasteiger partial charge in [0.1, 0.15) is 6.04 Å². The smallest absolute Gasteiger partial charge is 0.326 e. The van der Waals surface area contributed by atoms with Crippen LogP contribution in [0.2, 0.25) is 0 Å².